The van der Waals surface area contributed by atoms with Gasteiger partial charge in [-0.2, -0.15) is 0 Å². The van der Waals surface area contributed by atoms with E-state index < -0.39 is 0 Å². The normalized spacial score (nSPS) is 22.3. The lowest BCUT2D eigenvalue weighted by Gasteiger charge is -2.25. The van der Waals surface area contributed by atoms with Gasteiger partial charge in [-0.05, 0) is 24.6 Å². The molecule has 1 aromatic carbocycles. The molecule has 0 unspecified atom stereocenters. The molecule has 1 saturated heterocycles. The Kier molecular flexibility index (Phi) is 2.79. The first kappa shape index (κ1) is 11.9. The summed E-state index contributed by atoms with van der Waals surface area (Å²) < 4.78 is 11.3. The van der Waals surface area contributed by atoms with E-state index in [4.69, 9.17) is 9.47 Å². The molecule has 0 spiro atoms. The van der Waals surface area contributed by atoms with E-state index in [-0.39, 0.29) is 11.7 Å². The Balaban J connectivity index is 1.96. The molecular weight excluding hydrogens is 225 g/mol. The van der Waals surface area contributed by atoms with E-state index >= 15 is 0 Å². The number of nitrogens with zero attached hydrogens (tertiary/aromatic N) is 1. The van der Waals surface area contributed by atoms with Crippen molar-refractivity contribution in [1.29, 1.82) is 0 Å². The molecule has 3 nitrogen and oxygen atoms in total. The fraction of sp³-hybridized carbons (Fsp3) is 0.500. The van der Waals surface area contributed by atoms with Gasteiger partial charge >= 0.3 is 0 Å². The predicted octanol–water partition coefficient (Wildman–Crippen LogP) is 2.47. The predicted molar refractivity (Wildman–Crippen MR) is 74.0 cm³/mol. The lowest BCUT2D eigenvalue weighted by Crippen LogP contribution is -2.25. The lowest BCUT2D eigenvalue weighted by molar-refractivity contribution is -0.136. The van der Waals surface area contributed by atoms with E-state index in [1.807, 2.05) is 0 Å². The van der Waals surface area contributed by atoms with Crippen LogP contribution in [-0.2, 0) is 14.9 Å². The smallest absolute Gasteiger partial charge is 0.185 e. The maximum atomic E-state index is 5.66. The third-order valence-corrected chi connectivity index (χ3v) is 3.99. The van der Waals surface area contributed by atoms with Gasteiger partial charge < -0.3 is 9.47 Å². The first-order valence-corrected chi connectivity index (χ1v) is 6.52. The molecule has 2 heterocycles. The van der Waals surface area contributed by atoms with Crippen LogP contribution < -0.4 is 0 Å². The van der Waals surface area contributed by atoms with Crippen molar-refractivity contribution in [2.45, 2.75) is 32.5 Å². The van der Waals surface area contributed by atoms with E-state index in [0.29, 0.717) is 0 Å². The van der Waals surface area contributed by atoms with Crippen molar-refractivity contribution in [3.8, 4) is 0 Å². The van der Waals surface area contributed by atoms with Crippen LogP contribution in [0.4, 0.5) is 5.69 Å². The van der Waals surface area contributed by atoms with Crippen LogP contribution in [-0.4, -0.2) is 26.0 Å². The van der Waals surface area contributed by atoms with Crippen molar-refractivity contribution in [3.63, 3.8) is 0 Å². The van der Waals surface area contributed by atoms with E-state index in [0.717, 1.165) is 31.5 Å². The van der Waals surface area contributed by atoms with E-state index in [1.165, 1.54) is 11.3 Å². The highest BCUT2D eigenvalue weighted by Gasteiger charge is 2.33. The molecular formula is C14H18BNO2. The lowest BCUT2D eigenvalue weighted by atomic mass is 9.80. The second kappa shape index (κ2) is 4.21. The van der Waals surface area contributed by atoms with Gasteiger partial charge in [-0.1, -0.05) is 19.9 Å². The van der Waals surface area contributed by atoms with Crippen LogP contribution in [0.3, 0.4) is 0 Å². The largest absolute Gasteiger partial charge is 0.357 e. The Morgan fingerprint density at radius 1 is 1.28 bits per heavy atom. The van der Waals surface area contributed by atoms with Crippen LogP contribution in [0.15, 0.2) is 23.2 Å². The molecule has 2 aliphatic heterocycles. The Labute approximate surface area is 108 Å². The fourth-order valence-electron chi connectivity index (χ4n) is 2.49. The molecule has 0 radical (unpaired) electrons. The standard InChI is InChI=1S/C14H18BNO2/c1-9-14(2,3)11-6-10(4-5-12(11)16-9)13-17-7-15-8-18-13/h4-6,13,15H,7-8H2,1-3H3. The summed E-state index contributed by atoms with van der Waals surface area (Å²) in [5.41, 5.74) is 4.64. The molecule has 18 heavy (non-hydrogen) atoms. The monoisotopic (exact) mass is 243 g/mol. The molecule has 0 N–H and O–H groups in total. The molecule has 0 amide bonds. The molecule has 4 heteroatoms. The zero-order chi connectivity index (χ0) is 12.8. The number of rotatable bonds is 1. The molecule has 1 aromatic rings. The van der Waals surface area contributed by atoms with Gasteiger partial charge in [-0.3, -0.25) is 4.99 Å². The van der Waals surface area contributed by atoms with Crippen LogP contribution in [0.5, 0.6) is 0 Å². The number of hydrogen-bond acceptors (Lipinski definition) is 3. The minimum atomic E-state index is -0.208. The van der Waals surface area contributed by atoms with Gasteiger partial charge in [-0.15, -0.1) is 0 Å². The minimum Gasteiger partial charge on any atom is -0.357 e. The number of fused-ring (bicyclic) bond motifs is 1. The zero-order valence-corrected chi connectivity index (χ0v) is 11.2. The van der Waals surface area contributed by atoms with Crippen molar-refractivity contribution in [2.24, 2.45) is 4.99 Å². The van der Waals surface area contributed by atoms with Crippen LogP contribution in [0, 0.1) is 0 Å². The molecule has 0 saturated carbocycles. The minimum absolute atomic E-state index is 0.0139. The molecule has 0 aliphatic carbocycles. The van der Waals surface area contributed by atoms with Crippen LogP contribution in [0.2, 0.25) is 0 Å². The summed E-state index contributed by atoms with van der Waals surface area (Å²) in [7, 11) is 0.981. The summed E-state index contributed by atoms with van der Waals surface area (Å²) in [4.78, 5) is 4.63. The second-order valence-corrected chi connectivity index (χ2v) is 5.53. The molecule has 1 fully saturated rings. The maximum absolute atomic E-state index is 5.66. The van der Waals surface area contributed by atoms with Gasteiger partial charge in [0, 0.05) is 29.7 Å². The molecule has 0 aromatic heterocycles. The van der Waals surface area contributed by atoms with E-state index in [9.17, 15) is 0 Å². The average Bonchev–Trinajstić information content (AvgIpc) is 2.61. The molecule has 3 rings (SSSR count). The van der Waals surface area contributed by atoms with Crippen molar-refractivity contribution in [2.75, 3.05) is 13.0 Å². The summed E-state index contributed by atoms with van der Waals surface area (Å²) in [6.07, 6.45) is -0.208. The van der Waals surface area contributed by atoms with Gasteiger partial charge in [0.05, 0.1) is 5.69 Å². The first-order valence-electron chi connectivity index (χ1n) is 6.52. The summed E-state index contributed by atoms with van der Waals surface area (Å²) >= 11 is 0. The van der Waals surface area contributed by atoms with Gasteiger partial charge in [0.2, 0.25) is 0 Å². The van der Waals surface area contributed by atoms with E-state index in [2.05, 4.69) is 44.0 Å². The third kappa shape index (κ3) is 1.80. The Morgan fingerprint density at radius 3 is 2.72 bits per heavy atom. The highest BCUT2D eigenvalue weighted by Crippen LogP contribution is 2.41. The van der Waals surface area contributed by atoms with Crippen molar-refractivity contribution >= 4 is 18.7 Å². The van der Waals surface area contributed by atoms with Gasteiger partial charge in [0.1, 0.15) is 0 Å². The Bertz CT molecular complexity index is 505. The first-order chi connectivity index (χ1) is 8.59. The number of hydrogen-bond donors (Lipinski definition) is 0. The van der Waals surface area contributed by atoms with Crippen LogP contribution in [0.25, 0.3) is 0 Å². The van der Waals surface area contributed by atoms with Gasteiger partial charge in [0.15, 0.2) is 13.6 Å². The summed E-state index contributed by atoms with van der Waals surface area (Å²) in [6.45, 7) is 8.07. The van der Waals surface area contributed by atoms with E-state index in [1.54, 1.807) is 0 Å². The average molecular weight is 243 g/mol. The molecule has 0 atom stereocenters. The Hall–Kier alpha value is -1.13. The fourth-order valence-corrected chi connectivity index (χ4v) is 2.49. The number of benzene rings is 1. The molecule has 94 valence electrons. The highest BCUT2D eigenvalue weighted by molar-refractivity contribution is 6.35. The van der Waals surface area contributed by atoms with Crippen molar-refractivity contribution in [3.05, 3.63) is 29.3 Å². The number of ether oxygens (including phenoxy) is 2. The van der Waals surface area contributed by atoms with Gasteiger partial charge in [0.25, 0.3) is 0 Å². The van der Waals surface area contributed by atoms with Crippen LogP contribution >= 0.6 is 0 Å². The summed E-state index contributed by atoms with van der Waals surface area (Å²) in [5, 5.41) is 0. The highest BCUT2D eigenvalue weighted by atomic mass is 16.7. The second-order valence-electron chi connectivity index (χ2n) is 5.53. The third-order valence-electron chi connectivity index (χ3n) is 3.99. The van der Waals surface area contributed by atoms with Gasteiger partial charge in [-0.25, -0.2) is 0 Å². The molecule has 2 aliphatic rings. The Morgan fingerprint density at radius 2 is 2.00 bits per heavy atom. The van der Waals surface area contributed by atoms with Crippen LogP contribution in [0.1, 0.15) is 38.2 Å². The van der Waals surface area contributed by atoms with Crippen molar-refractivity contribution in [1.82, 2.24) is 0 Å². The summed E-state index contributed by atoms with van der Waals surface area (Å²) in [5.74, 6) is 0. The van der Waals surface area contributed by atoms with Crippen molar-refractivity contribution < 1.29 is 9.47 Å². The quantitative estimate of drug-likeness (QED) is 0.709. The zero-order valence-electron chi connectivity index (χ0n) is 11.2. The topological polar surface area (TPSA) is 30.8 Å². The molecule has 0 bridgehead atoms. The summed E-state index contributed by atoms with van der Waals surface area (Å²) in [6, 6.07) is 6.32. The SMILES string of the molecule is CC1=Nc2ccc(C3OCBCO3)cc2C1(C)C. The maximum Gasteiger partial charge on any atom is 0.185 e. The number of aliphatic imine (C=N–C) groups is 1.